The van der Waals surface area contributed by atoms with Gasteiger partial charge in [0.2, 0.25) is 0 Å². The van der Waals surface area contributed by atoms with E-state index < -0.39 is 11.7 Å². The van der Waals surface area contributed by atoms with Crippen molar-refractivity contribution in [3.05, 3.63) is 47.3 Å². The van der Waals surface area contributed by atoms with Crippen LogP contribution in [0.2, 0.25) is 0 Å². The molecule has 0 radical (unpaired) electrons. The molecule has 2 aromatic carbocycles. The highest BCUT2D eigenvalue weighted by molar-refractivity contribution is 5.91. The maximum atomic E-state index is 13.2. The lowest BCUT2D eigenvalue weighted by Crippen LogP contribution is -2.24. The Morgan fingerprint density at radius 2 is 1.97 bits per heavy atom. The van der Waals surface area contributed by atoms with Gasteiger partial charge < -0.3 is 25.3 Å². The van der Waals surface area contributed by atoms with Crippen LogP contribution in [0.3, 0.4) is 0 Å². The third-order valence-corrected chi connectivity index (χ3v) is 5.84. The summed E-state index contributed by atoms with van der Waals surface area (Å²) in [5.41, 5.74) is 5.96. The zero-order valence-electron chi connectivity index (χ0n) is 19.2. The zero-order valence-corrected chi connectivity index (χ0v) is 19.2. The van der Waals surface area contributed by atoms with Crippen LogP contribution in [0.15, 0.2) is 30.3 Å². The second kappa shape index (κ2) is 9.54. The van der Waals surface area contributed by atoms with Gasteiger partial charge in [-0.1, -0.05) is 0 Å². The van der Waals surface area contributed by atoms with E-state index >= 15 is 0 Å². The molecule has 0 amide bonds. The maximum absolute atomic E-state index is 13.2. The van der Waals surface area contributed by atoms with Crippen molar-refractivity contribution < 1.29 is 27.4 Å². The summed E-state index contributed by atoms with van der Waals surface area (Å²) in [4.78, 5) is 8.95. The zero-order chi connectivity index (χ0) is 24.5. The van der Waals surface area contributed by atoms with Crippen LogP contribution in [-0.4, -0.2) is 36.4 Å². The van der Waals surface area contributed by atoms with Gasteiger partial charge in [-0.25, -0.2) is 9.97 Å². The van der Waals surface area contributed by atoms with Crippen molar-refractivity contribution in [3.8, 4) is 11.5 Å². The SMILES string of the molecule is COc1cc2nc(C)nc(NCc3cc(N)cc(C(F)(F)F)c3)c2cc1OC(C)[C@H]1CCOC1. The Bertz CT molecular complexity index is 1180. The number of nitrogens with zero attached hydrogens (tertiary/aromatic N) is 2. The third kappa shape index (κ3) is 5.27. The number of nitrogens with two attached hydrogens (primary N) is 1. The Morgan fingerprint density at radius 3 is 2.65 bits per heavy atom. The van der Waals surface area contributed by atoms with Crippen molar-refractivity contribution in [2.45, 2.75) is 39.1 Å². The molecule has 2 atom stereocenters. The van der Waals surface area contributed by atoms with Crippen molar-refractivity contribution in [1.82, 2.24) is 9.97 Å². The van der Waals surface area contributed by atoms with Gasteiger partial charge in [0.05, 0.1) is 24.8 Å². The molecule has 1 aromatic heterocycles. The molecule has 0 spiro atoms. The molecular formula is C24H27F3N4O3. The number of benzene rings is 2. The molecule has 3 aromatic rings. The number of nitrogen functional groups attached to an aromatic ring is 1. The first kappa shape index (κ1) is 23.9. The van der Waals surface area contributed by atoms with Crippen LogP contribution in [0, 0.1) is 12.8 Å². The molecule has 1 unspecified atom stereocenters. The van der Waals surface area contributed by atoms with Crippen LogP contribution in [0.4, 0.5) is 24.7 Å². The minimum atomic E-state index is -4.48. The highest BCUT2D eigenvalue weighted by Gasteiger charge is 2.31. The van der Waals surface area contributed by atoms with E-state index in [9.17, 15) is 13.2 Å². The fraction of sp³-hybridized carbons (Fsp3) is 0.417. The van der Waals surface area contributed by atoms with Gasteiger partial charge in [0.25, 0.3) is 0 Å². The molecular weight excluding hydrogens is 449 g/mol. The molecule has 1 saturated heterocycles. The van der Waals surface area contributed by atoms with E-state index in [1.165, 1.54) is 6.07 Å². The molecule has 0 bridgehead atoms. The van der Waals surface area contributed by atoms with Crippen molar-refractivity contribution in [2.75, 3.05) is 31.4 Å². The Morgan fingerprint density at radius 1 is 1.18 bits per heavy atom. The van der Waals surface area contributed by atoms with Gasteiger partial charge >= 0.3 is 6.18 Å². The summed E-state index contributed by atoms with van der Waals surface area (Å²) < 4.78 is 56.7. The number of ether oxygens (including phenoxy) is 3. The first-order chi connectivity index (χ1) is 16.1. The molecule has 0 saturated carbocycles. The lowest BCUT2D eigenvalue weighted by Gasteiger charge is -2.22. The van der Waals surface area contributed by atoms with E-state index in [4.69, 9.17) is 19.9 Å². The number of hydrogen-bond donors (Lipinski definition) is 2. The first-order valence-corrected chi connectivity index (χ1v) is 11.0. The summed E-state index contributed by atoms with van der Waals surface area (Å²) in [6.45, 7) is 5.19. The van der Waals surface area contributed by atoms with Crippen LogP contribution >= 0.6 is 0 Å². The van der Waals surface area contributed by atoms with E-state index in [0.717, 1.165) is 18.6 Å². The number of fused-ring (bicyclic) bond motifs is 1. The number of anilines is 2. The molecule has 1 fully saturated rings. The third-order valence-electron chi connectivity index (χ3n) is 5.84. The minimum Gasteiger partial charge on any atom is -0.493 e. The number of aryl methyl sites for hydroxylation is 1. The van der Waals surface area contributed by atoms with E-state index in [2.05, 4.69) is 15.3 Å². The Kier molecular flexibility index (Phi) is 6.70. The molecule has 182 valence electrons. The maximum Gasteiger partial charge on any atom is 0.416 e. The van der Waals surface area contributed by atoms with E-state index in [-0.39, 0.29) is 24.3 Å². The topological polar surface area (TPSA) is 91.5 Å². The molecule has 1 aliphatic heterocycles. The smallest absolute Gasteiger partial charge is 0.416 e. The number of methoxy groups -OCH3 is 1. The van der Waals surface area contributed by atoms with Crippen LogP contribution in [0.5, 0.6) is 11.5 Å². The summed E-state index contributed by atoms with van der Waals surface area (Å²) in [6, 6.07) is 7.05. The molecule has 10 heteroatoms. The van der Waals surface area contributed by atoms with Gasteiger partial charge in [-0.15, -0.1) is 0 Å². The van der Waals surface area contributed by atoms with Gasteiger partial charge in [-0.3, -0.25) is 0 Å². The average molecular weight is 476 g/mol. The number of halogens is 3. The largest absolute Gasteiger partial charge is 0.493 e. The number of rotatable bonds is 7. The first-order valence-electron chi connectivity index (χ1n) is 11.0. The highest BCUT2D eigenvalue weighted by Crippen LogP contribution is 2.36. The molecule has 7 nitrogen and oxygen atoms in total. The Balaban J connectivity index is 1.65. The Labute approximate surface area is 195 Å². The minimum absolute atomic E-state index is 0.0423. The van der Waals surface area contributed by atoms with E-state index in [1.807, 2.05) is 6.92 Å². The average Bonchev–Trinajstić information content (AvgIpc) is 3.31. The molecule has 0 aliphatic carbocycles. The van der Waals surface area contributed by atoms with Gasteiger partial charge in [0, 0.05) is 36.2 Å². The van der Waals surface area contributed by atoms with Gasteiger partial charge in [0.1, 0.15) is 17.7 Å². The monoisotopic (exact) mass is 476 g/mol. The summed E-state index contributed by atoms with van der Waals surface area (Å²) in [6.07, 6.45) is -3.65. The lowest BCUT2D eigenvalue weighted by atomic mass is 10.0. The molecule has 4 rings (SSSR count). The van der Waals surface area contributed by atoms with Crippen molar-refractivity contribution >= 4 is 22.4 Å². The van der Waals surface area contributed by atoms with Gasteiger partial charge in [-0.05, 0) is 50.1 Å². The van der Waals surface area contributed by atoms with E-state index in [0.29, 0.717) is 52.8 Å². The predicted octanol–water partition coefficient (Wildman–Crippen LogP) is 4.96. The Hall–Kier alpha value is -3.27. The van der Waals surface area contributed by atoms with Crippen LogP contribution in [0.25, 0.3) is 10.9 Å². The molecule has 3 N–H and O–H groups in total. The molecule has 34 heavy (non-hydrogen) atoms. The normalized spacial score (nSPS) is 17.1. The predicted molar refractivity (Wildman–Crippen MR) is 123 cm³/mol. The van der Waals surface area contributed by atoms with Gasteiger partial charge in [-0.2, -0.15) is 13.2 Å². The van der Waals surface area contributed by atoms with Crippen molar-refractivity contribution in [2.24, 2.45) is 5.92 Å². The number of nitrogens with one attached hydrogen (secondary N) is 1. The number of alkyl halides is 3. The van der Waals surface area contributed by atoms with E-state index in [1.54, 1.807) is 26.2 Å². The highest BCUT2D eigenvalue weighted by atomic mass is 19.4. The second-order valence-corrected chi connectivity index (χ2v) is 8.40. The van der Waals surface area contributed by atoms with Gasteiger partial charge in [0.15, 0.2) is 11.5 Å². The second-order valence-electron chi connectivity index (χ2n) is 8.40. The van der Waals surface area contributed by atoms with Crippen molar-refractivity contribution in [1.29, 1.82) is 0 Å². The van der Waals surface area contributed by atoms with Crippen LogP contribution < -0.4 is 20.5 Å². The lowest BCUT2D eigenvalue weighted by molar-refractivity contribution is -0.137. The standard InChI is InChI=1S/C24H27F3N4O3/c1-13(16-4-5-33-12-16)34-22-9-19-20(10-21(22)32-3)30-14(2)31-23(19)29-11-15-6-17(24(25,26)27)8-18(28)7-15/h6-10,13,16H,4-5,11-12,28H2,1-3H3,(H,29,30,31)/t13?,16-/m0/s1. The fourth-order valence-corrected chi connectivity index (χ4v) is 4.03. The summed E-state index contributed by atoms with van der Waals surface area (Å²) in [5.74, 6) is 2.33. The fourth-order valence-electron chi connectivity index (χ4n) is 4.03. The quantitative estimate of drug-likeness (QED) is 0.466. The molecule has 2 heterocycles. The number of aromatic nitrogens is 2. The van der Waals surface area contributed by atoms with Crippen LogP contribution in [-0.2, 0) is 17.5 Å². The summed E-state index contributed by atoms with van der Waals surface area (Å²) in [7, 11) is 1.56. The van der Waals surface area contributed by atoms with Crippen molar-refractivity contribution in [3.63, 3.8) is 0 Å². The summed E-state index contributed by atoms with van der Waals surface area (Å²) >= 11 is 0. The molecule has 1 aliphatic rings. The van der Waals surface area contributed by atoms with Crippen LogP contribution in [0.1, 0.15) is 30.3 Å². The number of hydrogen-bond acceptors (Lipinski definition) is 7. The summed E-state index contributed by atoms with van der Waals surface area (Å²) in [5, 5.41) is 3.80.